The number of nitrogens with one attached hydrogen (secondary N) is 1. The Morgan fingerprint density at radius 2 is 1.44 bits per heavy atom. The SMILES string of the molecule is O=C(Nc1ccccc1C(=O)N1CCCCCC1)c1cccc(S(=O)(=O)N2CCCC2)c1. The summed E-state index contributed by atoms with van der Waals surface area (Å²) in [5, 5.41) is 2.82. The molecule has 0 aromatic heterocycles. The molecule has 0 atom stereocenters. The molecule has 2 aromatic rings. The van der Waals surface area contributed by atoms with Crippen molar-refractivity contribution in [3.63, 3.8) is 0 Å². The quantitative estimate of drug-likeness (QED) is 0.744. The number of para-hydroxylation sites is 1. The lowest BCUT2D eigenvalue weighted by Gasteiger charge is -2.22. The van der Waals surface area contributed by atoms with Crippen molar-refractivity contribution < 1.29 is 18.0 Å². The fraction of sp³-hybridized carbons (Fsp3) is 0.417. The van der Waals surface area contributed by atoms with Crippen LogP contribution in [0.15, 0.2) is 53.4 Å². The van der Waals surface area contributed by atoms with E-state index in [1.165, 1.54) is 16.4 Å². The Hall–Kier alpha value is -2.71. The smallest absolute Gasteiger partial charge is 0.255 e. The van der Waals surface area contributed by atoms with Crippen LogP contribution in [0.25, 0.3) is 0 Å². The Labute approximate surface area is 189 Å². The molecule has 0 spiro atoms. The monoisotopic (exact) mass is 455 g/mol. The summed E-state index contributed by atoms with van der Waals surface area (Å²) in [5.41, 5.74) is 1.12. The van der Waals surface area contributed by atoms with Crippen molar-refractivity contribution in [2.45, 2.75) is 43.4 Å². The van der Waals surface area contributed by atoms with Gasteiger partial charge in [0.2, 0.25) is 10.0 Å². The molecule has 2 saturated heterocycles. The van der Waals surface area contributed by atoms with Crippen LogP contribution in [0.4, 0.5) is 5.69 Å². The van der Waals surface area contributed by atoms with Crippen LogP contribution in [0.2, 0.25) is 0 Å². The fourth-order valence-electron chi connectivity index (χ4n) is 4.29. The van der Waals surface area contributed by atoms with E-state index in [4.69, 9.17) is 0 Å². The average Bonchev–Trinajstić information content (AvgIpc) is 3.23. The first kappa shape index (κ1) is 22.5. The summed E-state index contributed by atoms with van der Waals surface area (Å²) >= 11 is 0. The second kappa shape index (κ2) is 9.83. The van der Waals surface area contributed by atoms with E-state index in [9.17, 15) is 18.0 Å². The first-order chi connectivity index (χ1) is 15.5. The summed E-state index contributed by atoms with van der Waals surface area (Å²) in [5.74, 6) is -0.534. The van der Waals surface area contributed by atoms with Gasteiger partial charge in [-0.3, -0.25) is 9.59 Å². The van der Waals surface area contributed by atoms with E-state index in [0.29, 0.717) is 24.3 Å². The van der Waals surface area contributed by atoms with Gasteiger partial charge in [0.15, 0.2) is 0 Å². The molecule has 2 aliphatic rings. The maximum Gasteiger partial charge on any atom is 0.255 e. The number of benzene rings is 2. The molecule has 7 nitrogen and oxygen atoms in total. The number of rotatable bonds is 5. The van der Waals surface area contributed by atoms with E-state index in [1.807, 2.05) is 4.90 Å². The van der Waals surface area contributed by atoms with Crippen molar-refractivity contribution in [3.05, 3.63) is 59.7 Å². The van der Waals surface area contributed by atoms with Crippen LogP contribution in [0.5, 0.6) is 0 Å². The Morgan fingerprint density at radius 3 is 2.16 bits per heavy atom. The van der Waals surface area contributed by atoms with Crippen molar-refractivity contribution >= 4 is 27.5 Å². The fourth-order valence-corrected chi connectivity index (χ4v) is 5.86. The number of likely N-dealkylation sites (tertiary alicyclic amines) is 1. The molecule has 32 heavy (non-hydrogen) atoms. The molecule has 0 unspecified atom stereocenters. The van der Waals surface area contributed by atoms with Gasteiger partial charge in [-0.25, -0.2) is 8.42 Å². The van der Waals surface area contributed by atoms with E-state index in [1.54, 1.807) is 36.4 Å². The van der Waals surface area contributed by atoms with Gasteiger partial charge in [0.25, 0.3) is 11.8 Å². The van der Waals surface area contributed by atoms with Crippen molar-refractivity contribution in [1.82, 2.24) is 9.21 Å². The van der Waals surface area contributed by atoms with Crippen LogP contribution in [0.3, 0.4) is 0 Å². The van der Waals surface area contributed by atoms with Crippen LogP contribution in [0, 0.1) is 0 Å². The second-order valence-electron chi connectivity index (χ2n) is 8.35. The molecule has 0 saturated carbocycles. The highest BCUT2D eigenvalue weighted by molar-refractivity contribution is 7.89. The summed E-state index contributed by atoms with van der Waals surface area (Å²) in [7, 11) is -3.61. The van der Waals surface area contributed by atoms with Crippen LogP contribution in [0.1, 0.15) is 59.2 Å². The minimum absolute atomic E-state index is 0.0897. The highest BCUT2D eigenvalue weighted by atomic mass is 32.2. The normalized spacial score (nSPS) is 17.7. The highest BCUT2D eigenvalue weighted by Gasteiger charge is 2.28. The minimum Gasteiger partial charge on any atom is -0.339 e. The second-order valence-corrected chi connectivity index (χ2v) is 10.3. The molecule has 4 rings (SSSR count). The third kappa shape index (κ3) is 4.86. The third-order valence-electron chi connectivity index (χ3n) is 6.10. The first-order valence-electron chi connectivity index (χ1n) is 11.3. The Kier molecular flexibility index (Phi) is 6.91. The topological polar surface area (TPSA) is 86.8 Å². The Balaban J connectivity index is 1.54. The maximum absolute atomic E-state index is 13.1. The maximum atomic E-state index is 13.1. The van der Waals surface area contributed by atoms with Gasteiger partial charge in [0.05, 0.1) is 16.1 Å². The molecule has 8 heteroatoms. The summed E-state index contributed by atoms with van der Waals surface area (Å²) < 4.78 is 27.2. The van der Waals surface area contributed by atoms with Crippen LogP contribution in [-0.2, 0) is 10.0 Å². The highest BCUT2D eigenvalue weighted by Crippen LogP contribution is 2.23. The summed E-state index contributed by atoms with van der Waals surface area (Å²) in [6.07, 6.45) is 5.91. The van der Waals surface area contributed by atoms with Crippen molar-refractivity contribution in [2.24, 2.45) is 0 Å². The van der Waals surface area contributed by atoms with Crippen LogP contribution < -0.4 is 5.32 Å². The zero-order valence-electron chi connectivity index (χ0n) is 18.1. The molecule has 0 aliphatic carbocycles. The predicted octanol–water partition coefficient (Wildman–Crippen LogP) is 3.74. The lowest BCUT2D eigenvalue weighted by atomic mass is 10.1. The van der Waals surface area contributed by atoms with E-state index in [0.717, 1.165) is 51.6 Å². The van der Waals surface area contributed by atoms with E-state index in [2.05, 4.69) is 5.32 Å². The average molecular weight is 456 g/mol. The molecule has 2 heterocycles. The Bertz CT molecular complexity index is 1090. The molecular formula is C24H29N3O4S. The van der Waals surface area contributed by atoms with Gasteiger partial charge in [-0.1, -0.05) is 31.0 Å². The van der Waals surface area contributed by atoms with Gasteiger partial charge in [-0.2, -0.15) is 4.31 Å². The molecule has 1 N–H and O–H groups in total. The molecule has 2 aromatic carbocycles. The number of carbonyl (C=O) groups excluding carboxylic acids is 2. The van der Waals surface area contributed by atoms with Gasteiger partial charge in [0.1, 0.15) is 0 Å². The largest absolute Gasteiger partial charge is 0.339 e. The van der Waals surface area contributed by atoms with Crippen molar-refractivity contribution in [1.29, 1.82) is 0 Å². The number of nitrogens with zero attached hydrogens (tertiary/aromatic N) is 2. The van der Waals surface area contributed by atoms with Crippen molar-refractivity contribution in [3.8, 4) is 0 Å². The molecule has 2 fully saturated rings. The van der Waals surface area contributed by atoms with Gasteiger partial charge in [-0.05, 0) is 56.0 Å². The van der Waals surface area contributed by atoms with Gasteiger partial charge < -0.3 is 10.2 Å². The third-order valence-corrected chi connectivity index (χ3v) is 7.99. The molecule has 0 radical (unpaired) electrons. The molecular weight excluding hydrogens is 426 g/mol. The van der Waals surface area contributed by atoms with Crippen LogP contribution in [-0.4, -0.2) is 55.6 Å². The van der Waals surface area contributed by atoms with E-state index in [-0.39, 0.29) is 16.4 Å². The minimum atomic E-state index is -3.61. The van der Waals surface area contributed by atoms with E-state index >= 15 is 0 Å². The summed E-state index contributed by atoms with van der Waals surface area (Å²) in [6.45, 7) is 2.45. The van der Waals surface area contributed by atoms with E-state index < -0.39 is 15.9 Å². The molecule has 170 valence electrons. The molecule has 2 aliphatic heterocycles. The van der Waals surface area contributed by atoms with Crippen LogP contribution >= 0.6 is 0 Å². The first-order valence-corrected chi connectivity index (χ1v) is 12.7. The number of hydrogen-bond donors (Lipinski definition) is 1. The number of anilines is 1. The lowest BCUT2D eigenvalue weighted by Crippen LogP contribution is -2.32. The summed E-state index contributed by atoms with van der Waals surface area (Å²) in [6, 6.07) is 13.0. The Morgan fingerprint density at radius 1 is 0.781 bits per heavy atom. The molecule has 0 bridgehead atoms. The van der Waals surface area contributed by atoms with Gasteiger partial charge in [-0.15, -0.1) is 0 Å². The van der Waals surface area contributed by atoms with Gasteiger partial charge in [0, 0.05) is 31.7 Å². The molecule has 2 amide bonds. The number of hydrogen-bond acceptors (Lipinski definition) is 4. The number of carbonyl (C=O) groups is 2. The van der Waals surface area contributed by atoms with Gasteiger partial charge >= 0.3 is 0 Å². The standard InChI is InChI=1S/C24H29N3O4S/c28-23(19-10-9-11-20(18-19)32(30,31)27-16-7-8-17-27)25-22-13-4-3-12-21(22)24(29)26-14-5-1-2-6-15-26/h3-4,9-13,18H,1-2,5-8,14-17H2,(H,25,28). The zero-order valence-corrected chi connectivity index (χ0v) is 18.9. The lowest BCUT2D eigenvalue weighted by molar-refractivity contribution is 0.0762. The van der Waals surface area contributed by atoms with Crippen molar-refractivity contribution in [2.75, 3.05) is 31.5 Å². The number of sulfonamides is 1. The zero-order chi connectivity index (χ0) is 22.6. The summed E-state index contributed by atoms with van der Waals surface area (Å²) in [4.78, 5) is 28.1. The number of amides is 2. The predicted molar refractivity (Wildman–Crippen MR) is 123 cm³/mol.